The van der Waals surface area contributed by atoms with Gasteiger partial charge in [-0.1, -0.05) is 35.9 Å². The lowest BCUT2D eigenvalue weighted by molar-refractivity contribution is -0.154. The summed E-state index contributed by atoms with van der Waals surface area (Å²) in [5.74, 6) is 0.494. The fourth-order valence-electron chi connectivity index (χ4n) is 2.70. The zero-order valence-electron chi connectivity index (χ0n) is 15.5. The van der Waals surface area contributed by atoms with Crippen LogP contribution in [0.1, 0.15) is 23.6 Å². The SMILES string of the molecule is Cc1ccc(CNC(=O)[C@@H](C)OC(=O)Cc2ccc3c(c2)OCCO3)cc1. The van der Waals surface area contributed by atoms with Crippen LogP contribution in [0.15, 0.2) is 42.5 Å². The number of rotatable bonds is 6. The Kier molecular flexibility index (Phi) is 5.96. The van der Waals surface area contributed by atoms with Crippen LogP contribution < -0.4 is 14.8 Å². The standard InChI is InChI=1S/C21H23NO5/c1-14-3-5-16(6-4-14)13-22-21(24)15(2)27-20(23)12-17-7-8-18-19(11-17)26-10-9-25-18/h3-8,11,15H,9-10,12-13H2,1-2H3,(H,22,24)/t15-/m1/s1. The molecule has 0 aliphatic carbocycles. The number of nitrogens with one attached hydrogen (secondary N) is 1. The Balaban J connectivity index is 1.48. The molecule has 142 valence electrons. The predicted octanol–water partition coefficient (Wildman–Crippen LogP) is 2.56. The van der Waals surface area contributed by atoms with Gasteiger partial charge in [0, 0.05) is 6.54 Å². The predicted molar refractivity (Wildman–Crippen MR) is 99.7 cm³/mol. The number of carbonyl (C=O) groups excluding carboxylic acids is 2. The molecule has 1 atom stereocenters. The molecule has 0 unspecified atom stereocenters. The molecule has 0 radical (unpaired) electrons. The van der Waals surface area contributed by atoms with Gasteiger partial charge in [0.25, 0.3) is 5.91 Å². The van der Waals surface area contributed by atoms with Crippen molar-refractivity contribution in [1.82, 2.24) is 5.32 Å². The normalized spacial score (nSPS) is 13.6. The molecule has 0 spiro atoms. The Labute approximate surface area is 158 Å². The highest BCUT2D eigenvalue weighted by Crippen LogP contribution is 2.30. The number of hydrogen-bond acceptors (Lipinski definition) is 5. The monoisotopic (exact) mass is 369 g/mol. The lowest BCUT2D eigenvalue weighted by Crippen LogP contribution is -2.35. The molecule has 0 saturated heterocycles. The van der Waals surface area contributed by atoms with E-state index >= 15 is 0 Å². The van der Waals surface area contributed by atoms with Crippen molar-refractivity contribution in [2.24, 2.45) is 0 Å². The quantitative estimate of drug-likeness (QED) is 0.792. The summed E-state index contributed by atoms with van der Waals surface area (Å²) in [7, 11) is 0. The first-order chi connectivity index (χ1) is 13.0. The average Bonchev–Trinajstić information content (AvgIpc) is 2.67. The fraction of sp³-hybridized carbons (Fsp3) is 0.333. The van der Waals surface area contributed by atoms with E-state index in [2.05, 4.69) is 5.32 Å². The Morgan fingerprint density at radius 3 is 2.44 bits per heavy atom. The third-order valence-electron chi connectivity index (χ3n) is 4.22. The molecular weight excluding hydrogens is 346 g/mol. The van der Waals surface area contributed by atoms with Crippen LogP contribution in [-0.2, 0) is 27.3 Å². The summed E-state index contributed by atoms with van der Waals surface area (Å²) in [6.45, 7) is 4.96. The topological polar surface area (TPSA) is 73.9 Å². The van der Waals surface area contributed by atoms with Crippen molar-refractivity contribution in [2.75, 3.05) is 13.2 Å². The first-order valence-electron chi connectivity index (χ1n) is 8.92. The third kappa shape index (κ3) is 5.23. The number of benzene rings is 2. The van der Waals surface area contributed by atoms with E-state index in [9.17, 15) is 9.59 Å². The molecule has 2 aromatic rings. The Morgan fingerprint density at radius 2 is 1.70 bits per heavy atom. The minimum Gasteiger partial charge on any atom is -0.486 e. The van der Waals surface area contributed by atoms with Gasteiger partial charge in [0.1, 0.15) is 13.2 Å². The maximum Gasteiger partial charge on any atom is 0.311 e. The van der Waals surface area contributed by atoms with E-state index in [0.29, 0.717) is 31.3 Å². The van der Waals surface area contributed by atoms with Crippen LogP contribution in [0, 0.1) is 6.92 Å². The molecule has 0 bridgehead atoms. The summed E-state index contributed by atoms with van der Waals surface area (Å²) in [6, 6.07) is 13.2. The Hall–Kier alpha value is -3.02. The van der Waals surface area contributed by atoms with Gasteiger partial charge in [-0.05, 0) is 37.1 Å². The van der Waals surface area contributed by atoms with Crippen molar-refractivity contribution in [3.05, 3.63) is 59.2 Å². The van der Waals surface area contributed by atoms with Gasteiger partial charge >= 0.3 is 5.97 Å². The van der Waals surface area contributed by atoms with E-state index in [1.54, 1.807) is 25.1 Å². The van der Waals surface area contributed by atoms with Gasteiger partial charge in [-0.2, -0.15) is 0 Å². The maximum absolute atomic E-state index is 12.1. The largest absolute Gasteiger partial charge is 0.486 e. The van der Waals surface area contributed by atoms with Gasteiger partial charge in [0.2, 0.25) is 0 Å². The highest BCUT2D eigenvalue weighted by molar-refractivity contribution is 5.83. The first-order valence-corrected chi connectivity index (χ1v) is 8.92. The molecule has 1 N–H and O–H groups in total. The number of carbonyl (C=O) groups is 2. The number of fused-ring (bicyclic) bond motifs is 1. The van der Waals surface area contributed by atoms with Crippen molar-refractivity contribution in [3.63, 3.8) is 0 Å². The highest BCUT2D eigenvalue weighted by Gasteiger charge is 2.19. The molecule has 6 nitrogen and oxygen atoms in total. The van der Waals surface area contributed by atoms with Crippen molar-refractivity contribution in [1.29, 1.82) is 0 Å². The summed E-state index contributed by atoms with van der Waals surface area (Å²) < 4.78 is 16.2. The summed E-state index contributed by atoms with van der Waals surface area (Å²) in [6.07, 6.45) is -0.799. The molecule has 1 heterocycles. The lowest BCUT2D eigenvalue weighted by Gasteiger charge is -2.19. The molecule has 0 aromatic heterocycles. The summed E-state index contributed by atoms with van der Waals surface area (Å²) in [5, 5.41) is 2.78. The zero-order chi connectivity index (χ0) is 19.2. The van der Waals surface area contributed by atoms with E-state index in [0.717, 1.165) is 16.7 Å². The van der Waals surface area contributed by atoms with Crippen molar-refractivity contribution < 1.29 is 23.8 Å². The van der Waals surface area contributed by atoms with E-state index < -0.39 is 12.1 Å². The molecule has 1 aliphatic heterocycles. The number of amides is 1. The van der Waals surface area contributed by atoms with Gasteiger partial charge < -0.3 is 19.5 Å². The first kappa shape index (κ1) is 18.8. The molecule has 1 aliphatic rings. The van der Waals surface area contributed by atoms with Gasteiger partial charge in [-0.25, -0.2) is 0 Å². The molecule has 6 heteroatoms. The summed E-state index contributed by atoms with van der Waals surface area (Å²) >= 11 is 0. The van der Waals surface area contributed by atoms with Crippen LogP contribution in [0.4, 0.5) is 0 Å². The van der Waals surface area contributed by atoms with Crippen molar-refractivity contribution in [2.45, 2.75) is 32.9 Å². The van der Waals surface area contributed by atoms with Crippen LogP contribution in [0.25, 0.3) is 0 Å². The maximum atomic E-state index is 12.1. The van der Waals surface area contributed by atoms with Crippen molar-refractivity contribution in [3.8, 4) is 11.5 Å². The molecule has 0 saturated carbocycles. The van der Waals surface area contributed by atoms with Crippen LogP contribution in [0.3, 0.4) is 0 Å². The van der Waals surface area contributed by atoms with Gasteiger partial charge in [0.05, 0.1) is 6.42 Å². The van der Waals surface area contributed by atoms with Gasteiger partial charge in [-0.15, -0.1) is 0 Å². The minimum absolute atomic E-state index is 0.0617. The second-order valence-electron chi connectivity index (χ2n) is 6.49. The summed E-state index contributed by atoms with van der Waals surface area (Å²) in [4.78, 5) is 24.3. The van der Waals surface area contributed by atoms with E-state index in [-0.39, 0.29) is 12.3 Å². The second kappa shape index (κ2) is 8.58. The number of esters is 1. The minimum atomic E-state index is -0.861. The van der Waals surface area contributed by atoms with Gasteiger partial charge in [-0.3, -0.25) is 9.59 Å². The van der Waals surface area contributed by atoms with Crippen LogP contribution in [0.2, 0.25) is 0 Å². The molecule has 2 aromatic carbocycles. The third-order valence-corrected chi connectivity index (χ3v) is 4.22. The number of ether oxygens (including phenoxy) is 3. The average molecular weight is 369 g/mol. The van der Waals surface area contributed by atoms with Crippen LogP contribution in [0.5, 0.6) is 11.5 Å². The van der Waals surface area contributed by atoms with Crippen LogP contribution >= 0.6 is 0 Å². The van der Waals surface area contributed by atoms with E-state index in [4.69, 9.17) is 14.2 Å². The molecule has 1 amide bonds. The Morgan fingerprint density at radius 1 is 1.04 bits per heavy atom. The van der Waals surface area contributed by atoms with Crippen LogP contribution in [-0.4, -0.2) is 31.2 Å². The molecule has 3 rings (SSSR count). The molecule has 27 heavy (non-hydrogen) atoms. The zero-order valence-corrected chi connectivity index (χ0v) is 15.5. The van der Waals surface area contributed by atoms with E-state index in [1.807, 2.05) is 31.2 Å². The Bertz CT molecular complexity index is 816. The second-order valence-corrected chi connectivity index (χ2v) is 6.49. The summed E-state index contributed by atoms with van der Waals surface area (Å²) in [5.41, 5.74) is 2.90. The highest BCUT2D eigenvalue weighted by atomic mass is 16.6. The number of aryl methyl sites for hydroxylation is 1. The lowest BCUT2D eigenvalue weighted by atomic mass is 10.1. The molecule has 0 fully saturated rings. The smallest absolute Gasteiger partial charge is 0.311 e. The number of hydrogen-bond donors (Lipinski definition) is 1. The van der Waals surface area contributed by atoms with Gasteiger partial charge in [0.15, 0.2) is 17.6 Å². The van der Waals surface area contributed by atoms with Crippen molar-refractivity contribution >= 4 is 11.9 Å². The van der Waals surface area contributed by atoms with E-state index in [1.165, 1.54) is 0 Å². The fourth-order valence-corrected chi connectivity index (χ4v) is 2.70. The molecular formula is C21H23NO5.